The molecule has 0 radical (unpaired) electrons. The first-order valence-corrected chi connectivity index (χ1v) is 14.9. The van der Waals surface area contributed by atoms with Crippen LogP contribution in [-0.4, -0.2) is 46.0 Å². The molecule has 35 heavy (non-hydrogen) atoms. The first-order chi connectivity index (χ1) is 16.3. The molecule has 9 nitrogen and oxygen atoms in total. The third kappa shape index (κ3) is 5.69. The fraction of sp³-hybridized carbons (Fsp3) is 0.391. The zero-order valence-corrected chi connectivity index (χ0v) is 21.6. The maximum atomic E-state index is 12.8. The monoisotopic (exact) mass is 539 g/mol. The Hall–Kier alpha value is -2.47. The van der Waals surface area contributed by atoms with Crippen molar-refractivity contribution in [2.24, 2.45) is 11.8 Å². The van der Waals surface area contributed by atoms with Crippen LogP contribution in [-0.2, 0) is 41.5 Å². The van der Waals surface area contributed by atoms with Crippen molar-refractivity contribution >= 4 is 52.9 Å². The predicted octanol–water partition coefficient (Wildman–Crippen LogP) is 2.96. The van der Waals surface area contributed by atoms with Gasteiger partial charge in [0.05, 0.1) is 22.6 Å². The zero-order valence-electron chi connectivity index (χ0n) is 19.2. The summed E-state index contributed by atoms with van der Waals surface area (Å²) in [6.45, 7) is 5.31. The summed E-state index contributed by atoms with van der Waals surface area (Å²) in [5.41, 5.74) is 2.80. The Labute approximate surface area is 209 Å². The lowest BCUT2D eigenvalue weighted by Crippen LogP contribution is -2.42. The van der Waals surface area contributed by atoms with Gasteiger partial charge in [0.15, 0.2) is 0 Å². The third-order valence-corrected chi connectivity index (χ3v) is 9.34. The van der Waals surface area contributed by atoms with Gasteiger partial charge >= 0.3 is 0 Å². The normalized spacial score (nSPS) is 21.9. The third-order valence-electron chi connectivity index (χ3n) is 6.16. The van der Waals surface area contributed by atoms with Crippen molar-refractivity contribution in [1.29, 1.82) is 0 Å². The molecule has 5 rings (SSSR count). The van der Waals surface area contributed by atoms with E-state index in [1.807, 2.05) is 0 Å². The van der Waals surface area contributed by atoms with E-state index in [9.17, 15) is 26.4 Å². The summed E-state index contributed by atoms with van der Waals surface area (Å²) in [5, 5.41) is 5.32. The second-order valence-electron chi connectivity index (χ2n) is 9.29. The van der Waals surface area contributed by atoms with Gasteiger partial charge < -0.3 is 10.6 Å². The van der Waals surface area contributed by atoms with Crippen LogP contribution in [0.5, 0.6) is 0 Å². The Morgan fingerprint density at radius 1 is 0.800 bits per heavy atom. The molecule has 2 aromatic rings. The Bertz CT molecular complexity index is 1400. The number of piperidine rings is 1. The Balaban J connectivity index is 0.000000179. The molecule has 1 fully saturated rings. The second kappa shape index (κ2) is 9.53. The van der Waals surface area contributed by atoms with Gasteiger partial charge in [-0.05, 0) is 65.8 Å². The number of nitrogens with one attached hydrogen (secondary N) is 2. The van der Waals surface area contributed by atoms with Crippen LogP contribution in [0.3, 0.4) is 0 Å². The van der Waals surface area contributed by atoms with E-state index in [0.29, 0.717) is 41.1 Å². The molecule has 3 aliphatic rings. The number of fused-ring (bicyclic) bond motifs is 2. The SMILES string of the molecule is CC1CC(C)CN(S(=O)(=O)c2ccc3c(c2)CC(=O)N3)C1.O=C1Cc2cc(S(=O)(=O)Cl)ccc2N1. The second-order valence-corrected chi connectivity index (χ2v) is 13.8. The number of carbonyl (C=O) groups is 2. The molecule has 3 aliphatic heterocycles. The molecule has 188 valence electrons. The molecule has 0 aliphatic carbocycles. The van der Waals surface area contributed by atoms with Crippen LogP contribution in [0.2, 0.25) is 0 Å². The van der Waals surface area contributed by atoms with Crippen molar-refractivity contribution in [3.8, 4) is 0 Å². The first-order valence-electron chi connectivity index (χ1n) is 11.1. The van der Waals surface area contributed by atoms with E-state index in [1.165, 1.54) is 18.2 Å². The highest BCUT2D eigenvalue weighted by molar-refractivity contribution is 8.13. The minimum Gasteiger partial charge on any atom is -0.326 e. The number of hydrogen-bond acceptors (Lipinski definition) is 6. The van der Waals surface area contributed by atoms with E-state index in [2.05, 4.69) is 24.5 Å². The number of sulfonamides is 1. The van der Waals surface area contributed by atoms with Crippen molar-refractivity contribution < 1.29 is 26.4 Å². The standard InChI is InChI=1S/C15H20N2O3S.C8H6ClNO3S/c1-10-5-11(2)9-17(8-10)21(19,20)13-3-4-14-12(6-13)7-15(18)16-14;9-14(12,13)6-1-2-7-5(3-6)4-8(11)10-7/h3-4,6,10-11H,5,7-9H2,1-2H3,(H,16,18);1-3H,4H2,(H,10,11). The molecular formula is C23H26ClN3O6S2. The fourth-order valence-electron chi connectivity index (χ4n) is 4.67. The fourth-order valence-corrected chi connectivity index (χ4v) is 7.21. The summed E-state index contributed by atoms with van der Waals surface area (Å²) in [7, 11) is -2.02. The van der Waals surface area contributed by atoms with Crippen LogP contribution >= 0.6 is 10.7 Å². The smallest absolute Gasteiger partial charge is 0.261 e. The predicted molar refractivity (Wildman–Crippen MR) is 132 cm³/mol. The van der Waals surface area contributed by atoms with Gasteiger partial charge in [-0.25, -0.2) is 16.8 Å². The van der Waals surface area contributed by atoms with E-state index in [1.54, 1.807) is 22.5 Å². The molecule has 2 aromatic carbocycles. The molecule has 0 bridgehead atoms. The highest BCUT2D eigenvalue weighted by atomic mass is 35.7. The van der Waals surface area contributed by atoms with Crippen LogP contribution in [0.4, 0.5) is 11.4 Å². The molecule has 3 heterocycles. The van der Waals surface area contributed by atoms with E-state index in [0.717, 1.165) is 17.7 Å². The molecule has 2 unspecified atom stereocenters. The Morgan fingerprint density at radius 2 is 1.26 bits per heavy atom. The topological polar surface area (TPSA) is 130 Å². The van der Waals surface area contributed by atoms with E-state index >= 15 is 0 Å². The number of benzene rings is 2. The van der Waals surface area contributed by atoms with Crippen molar-refractivity contribution in [3.05, 3.63) is 47.5 Å². The number of halogens is 1. The van der Waals surface area contributed by atoms with Gasteiger partial charge in [0, 0.05) is 35.1 Å². The van der Waals surface area contributed by atoms with Gasteiger partial charge in [0.2, 0.25) is 21.8 Å². The van der Waals surface area contributed by atoms with E-state index < -0.39 is 19.1 Å². The van der Waals surface area contributed by atoms with Crippen LogP contribution in [0.15, 0.2) is 46.2 Å². The molecule has 1 saturated heterocycles. The molecule has 0 saturated carbocycles. The average Bonchev–Trinajstić information content (AvgIpc) is 3.31. The van der Waals surface area contributed by atoms with Crippen molar-refractivity contribution in [3.63, 3.8) is 0 Å². The number of nitrogens with zero attached hydrogens (tertiary/aromatic N) is 1. The van der Waals surface area contributed by atoms with Crippen molar-refractivity contribution in [1.82, 2.24) is 4.31 Å². The summed E-state index contributed by atoms with van der Waals surface area (Å²) in [5.74, 6) is 0.534. The van der Waals surface area contributed by atoms with Crippen LogP contribution in [0.1, 0.15) is 31.4 Å². The molecule has 0 spiro atoms. The number of amides is 2. The zero-order chi connectivity index (χ0) is 25.5. The molecule has 2 N–H and O–H groups in total. The van der Waals surface area contributed by atoms with Crippen molar-refractivity contribution in [2.75, 3.05) is 23.7 Å². The van der Waals surface area contributed by atoms with E-state index in [4.69, 9.17) is 10.7 Å². The van der Waals surface area contributed by atoms with Crippen LogP contribution < -0.4 is 10.6 Å². The first kappa shape index (κ1) is 25.6. The largest absolute Gasteiger partial charge is 0.326 e. The van der Waals surface area contributed by atoms with Gasteiger partial charge in [0.1, 0.15) is 0 Å². The summed E-state index contributed by atoms with van der Waals surface area (Å²) in [4.78, 5) is 22.7. The minimum atomic E-state index is -3.71. The molecule has 2 atom stereocenters. The Morgan fingerprint density at radius 3 is 1.74 bits per heavy atom. The van der Waals surface area contributed by atoms with Crippen LogP contribution in [0.25, 0.3) is 0 Å². The van der Waals surface area contributed by atoms with E-state index in [-0.39, 0.29) is 29.6 Å². The summed E-state index contributed by atoms with van der Waals surface area (Å²) < 4.78 is 49.1. The number of anilines is 2. The highest BCUT2D eigenvalue weighted by Crippen LogP contribution is 2.30. The quantitative estimate of drug-likeness (QED) is 0.577. The van der Waals surface area contributed by atoms with Crippen molar-refractivity contribution in [2.45, 2.75) is 42.9 Å². The van der Waals surface area contributed by atoms with Gasteiger partial charge in [-0.1, -0.05) is 13.8 Å². The highest BCUT2D eigenvalue weighted by Gasteiger charge is 2.32. The summed E-state index contributed by atoms with van der Waals surface area (Å²) >= 11 is 0. The van der Waals surface area contributed by atoms with Crippen LogP contribution in [0, 0.1) is 11.8 Å². The average molecular weight is 540 g/mol. The maximum Gasteiger partial charge on any atom is 0.261 e. The minimum absolute atomic E-state index is 0.0226. The lowest BCUT2D eigenvalue weighted by atomic mass is 9.94. The maximum absolute atomic E-state index is 12.8. The van der Waals surface area contributed by atoms with Gasteiger partial charge in [0.25, 0.3) is 9.05 Å². The summed E-state index contributed by atoms with van der Waals surface area (Å²) in [6.07, 6.45) is 1.52. The Kier molecular flexibility index (Phi) is 6.98. The molecule has 12 heteroatoms. The summed E-state index contributed by atoms with van der Waals surface area (Å²) in [6, 6.07) is 9.22. The van der Waals surface area contributed by atoms with Gasteiger partial charge in [-0.3, -0.25) is 9.59 Å². The van der Waals surface area contributed by atoms with Gasteiger partial charge in [-0.2, -0.15) is 4.31 Å². The lowest BCUT2D eigenvalue weighted by molar-refractivity contribution is -0.115. The molecular weight excluding hydrogens is 514 g/mol. The molecule has 0 aromatic heterocycles. The number of rotatable bonds is 3. The number of carbonyl (C=O) groups excluding carboxylic acids is 2. The lowest BCUT2D eigenvalue weighted by Gasteiger charge is -2.34. The number of hydrogen-bond donors (Lipinski definition) is 2. The molecule has 2 amide bonds. The van der Waals surface area contributed by atoms with Gasteiger partial charge in [-0.15, -0.1) is 0 Å².